The minimum absolute atomic E-state index is 0.272. The first-order chi connectivity index (χ1) is 11.1. The summed E-state index contributed by atoms with van der Waals surface area (Å²) in [5.74, 6) is -0.272. The fraction of sp³-hybridized carbons (Fsp3) is 0.350. The smallest absolute Gasteiger partial charge is 0.338 e. The van der Waals surface area contributed by atoms with Crippen LogP contribution in [0.2, 0.25) is 0 Å². The number of hydrogen-bond donors (Lipinski definition) is 0. The van der Waals surface area contributed by atoms with Gasteiger partial charge in [0.05, 0.1) is 5.56 Å². The van der Waals surface area contributed by atoms with Crippen LogP contribution in [0, 0.1) is 6.92 Å². The number of rotatable bonds is 7. The third-order valence-electron chi connectivity index (χ3n) is 4.02. The molecule has 0 unspecified atom stereocenters. The van der Waals surface area contributed by atoms with Gasteiger partial charge >= 0.3 is 5.97 Å². The number of nitrogens with zero attached hydrogens (tertiary/aromatic N) is 1. The highest BCUT2D eigenvalue weighted by molar-refractivity contribution is 5.89. The zero-order chi connectivity index (χ0) is 16.7. The lowest BCUT2D eigenvalue weighted by atomic mass is 10.1. The van der Waals surface area contributed by atoms with Crippen LogP contribution in [0.3, 0.4) is 0 Å². The molecule has 2 rings (SSSR count). The van der Waals surface area contributed by atoms with E-state index >= 15 is 0 Å². The Morgan fingerprint density at radius 3 is 2.35 bits per heavy atom. The summed E-state index contributed by atoms with van der Waals surface area (Å²) >= 11 is 0. The van der Waals surface area contributed by atoms with Gasteiger partial charge in [-0.3, -0.25) is 4.90 Å². The van der Waals surface area contributed by atoms with Gasteiger partial charge in [-0.25, -0.2) is 4.79 Å². The van der Waals surface area contributed by atoms with Crippen molar-refractivity contribution in [2.75, 3.05) is 13.1 Å². The molecule has 0 saturated carbocycles. The third-order valence-corrected chi connectivity index (χ3v) is 4.02. The number of hydrogen-bond acceptors (Lipinski definition) is 3. The van der Waals surface area contributed by atoms with Crippen LogP contribution >= 0.6 is 0 Å². The Bertz CT molecular complexity index is 648. The molecular formula is C20H25NO2. The van der Waals surface area contributed by atoms with Crippen LogP contribution < -0.4 is 0 Å². The average Bonchev–Trinajstić information content (AvgIpc) is 2.58. The van der Waals surface area contributed by atoms with Crippen molar-refractivity contribution in [3.8, 4) is 0 Å². The first-order valence-electron chi connectivity index (χ1n) is 8.17. The minimum atomic E-state index is -0.272. The van der Waals surface area contributed by atoms with E-state index in [-0.39, 0.29) is 5.97 Å². The molecule has 0 spiro atoms. The Labute approximate surface area is 138 Å². The van der Waals surface area contributed by atoms with Gasteiger partial charge in [-0.05, 0) is 43.3 Å². The summed E-state index contributed by atoms with van der Waals surface area (Å²) in [5, 5.41) is 0. The Hall–Kier alpha value is -2.13. The summed E-state index contributed by atoms with van der Waals surface area (Å²) in [6.07, 6.45) is 0. The van der Waals surface area contributed by atoms with Crippen LogP contribution in [-0.2, 0) is 17.9 Å². The second kappa shape index (κ2) is 8.49. The predicted octanol–water partition coefficient (Wildman–Crippen LogP) is 4.19. The molecule has 0 atom stereocenters. The Kier molecular flexibility index (Phi) is 6.36. The maximum Gasteiger partial charge on any atom is 0.338 e. The summed E-state index contributed by atoms with van der Waals surface area (Å²) in [7, 11) is 0. The lowest BCUT2D eigenvalue weighted by molar-refractivity contribution is 0.0471. The molecule has 23 heavy (non-hydrogen) atoms. The highest BCUT2D eigenvalue weighted by atomic mass is 16.5. The van der Waals surface area contributed by atoms with Gasteiger partial charge < -0.3 is 4.74 Å². The van der Waals surface area contributed by atoms with Crippen LogP contribution in [0.1, 0.15) is 40.9 Å². The summed E-state index contributed by atoms with van der Waals surface area (Å²) < 4.78 is 5.50. The van der Waals surface area contributed by atoms with Gasteiger partial charge in [-0.1, -0.05) is 55.8 Å². The molecule has 0 aliphatic heterocycles. The van der Waals surface area contributed by atoms with Crippen molar-refractivity contribution >= 4 is 5.97 Å². The second-order valence-electron chi connectivity index (χ2n) is 5.68. The zero-order valence-electron chi connectivity index (χ0n) is 14.2. The number of carbonyl (C=O) groups excluding carboxylic acids is 1. The summed E-state index contributed by atoms with van der Waals surface area (Å²) in [6, 6.07) is 15.6. The van der Waals surface area contributed by atoms with Crippen molar-refractivity contribution in [1.82, 2.24) is 4.90 Å². The van der Waals surface area contributed by atoms with Crippen LogP contribution in [-0.4, -0.2) is 24.0 Å². The van der Waals surface area contributed by atoms with Crippen LogP contribution in [0.15, 0.2) is 48.5 Å². The molecule has 0 aliphatic rings. The SMILES string of the molecule is CCN(CC)Cc1ccccc1COC(=O)c1cccc(C)c1. The highest BCUT2D eigenvalue weighted by Crippen LogP contribution is 2.14. The number of carbonyl (C=O) groups is 1. The van der Waals surface area contributed by atoms with E-state index in [2.05, 4.69) is 24.8 Å². The largest absolute Gasteiger partial charge is 0.457 e. The molecule has 0 saturated heterocycles. The molecule has 0 amide bonds. The van der Waals surface area contributed by atoms with Gasteiger partial charge in [-0.2, -0.15) is 0 Å². The Morgan fingerprint density at radius 2 is 1.70 bits per heavy atom. The normalized spacial score (nSPS) is 10.8. The van der Waals surface area contributed by atoms with E-state index in [1.165, 1.54) is 5.56 Å². The number of benzene rings is 2. The molecule has 0 aromatic heterocycles. The number of ether oxygens (including phenoxy) is 1. The lowest BCUT2D eigenvalue weighted by Crippen LogP contribution is -2.23. The van der Waals surface area contributed by atoms with E-state index in [0.717, 1.165) is 30.8 Å². The van der Waals surface area contributed by atoms with Crippen molar-refractivity contribution in [2.45, 2.75) is 33.9 Å². The van der Waals surface area contributed by atoms with E-state index in [9.17, 15) is 4.79 Å². The van der Waals surface area contributed by atoms with Crippen LogP contribution in [0.5, 0.6) is 0 Å². The lowest BCUT2D eigenvalue weighted by Gasteiger charge is -2.20. The average molecular weight is 311 g/mol. The predicted molar refractivity (Wildman–Crippen MR) is 93.4 cm³/mol. The number of aryl methyl sites for hydroxylation is 1. The maximum absolute atomic E-state index is 12.2. The number of esters is 1. The minimum Gasteiger partial charge on any atom is -0.457 e. The standard InChI is InChI=1S/C20H25NO2/c1-4-21(5-2)14-18-10-6-7-11-19(18)15-23-20(22)17-12-8-9-16(3)13-17/h6-13H,4-5,14-15H2,1-3H3. The molecule has 2 aromatic rings. The maximum atomic E-state index is 12.2. The van der Waals surface area contributed by atoms with Crippen molar-refractivity contribution in [3.05, 3.63) is 70.8 Å². The molecule has 122 valence electrons. The van der Waals surface area contributed by atoms with Gasteiger partial charge in [0.1, 0.15) is 6.61 Å². The highest BCUT2D eigenvalue weighted by Gasteiger charge is 2.10. The van der Waals surface area contributed by atoms with E-state index in [1.807, 2.05) is 43.3 Å². The molecule has 0 fully saturated rings. The van der Waals surface area contributed by atoms with Gasteiger partial charge in [0.25, 0.3) is 0 Å². The molecule has 0 bridgehead atoms. The molecule has 0 aliphatic carbocycles. The molecular weight excluding hydrogens is 286 g/mol. The topological polar surface area (TPSA) is 29.5 Å². The zero-order valence-corrected chi connectivity index (χ0v) is 14.2. The second-order valence-corrected chi connectivity index (χ2v) is 5.68. The fourth-order valence-electron chi connectivity index (χ4n) is 2.54. The van der Waals surface area contributed by atoms with E-state index < -0.39 is 0 Å². The van der Waals surface area contributed by atoms with E-state index in [1.54, 1.807) is 6.07 Å². The van der Waals surface area contributed by atoms with Crippen molar-refractivity contribution < 1.29 is 9.53 Å². The first kappa shape index (κ1) is 17.2. The van der Waals surface area contributed by atoms with Gasteiger partial charge in [-0.15, -0.1) is 0 Å². The summed E-state index contributed by atoms with van der Waals surface area (Å²) in [5.41, 5.74) is 3.95. The molecule has 0 heterocycles. The van der Waals surface area contributed by atoms with Crippen LogP contribution in [0.4, 0.5) is 0 Å². The molecule has 3 nitrogen and oxygen atoms in total. The van der Waals surface area contributed by atoms with Gasteiger partial charge in [0.2, 0.25) is 0 Å². The van der Waals surface area contributed by atoms with Crippen LogP contribution in [0.25, 0.3) is 0 Å². The van der Waals surface area contributed by atoms with E-state index in [0.29, 0.717) is 12.2 Å². The first-order valence-corrected chi connectivity index (χ1v) is 8.17. The van der Waals surface area contributed by atoms with E-state index in [4.69, 9.17) is 4.74 Å². The molecule has 3 heteroatoms. The Balaban J connectivity index is 2.04. The summed E-state index contributed by atoms with van der Waals surface area (Å²) in [6.45, 7) is 9.49. The van der Waals surface area contributed by atoms with Crippen molar-refractivity contribution in [2.24, 2.45) is 0 Å². The fourth-order valence-corrected chi connectivity index (χ4v) is 2.54. The Morgan fingerprint density at radius 1 is 1.00 bits per heavy atom. The van der Waals surface area contributed by atoms with Gasteiger partial charge in [0.15, 0.2) is 0 Å². The van der Waals surface area contributed by atoms with Gasteiger partial charge in [0, 0.05) is 6.54 Å². The molecule has 0 radical (unpaired) electrons. The van der Waals surface area contributed by atoms with Crippen molar-refractivity contribution in [3.63, 3.8) is 0 Å². The molecule has 0 N–H and O–H groups in total. The summed E-state index contributed by atoms with van der Waals surface area (Å²) in [4.78, 5) is 14.5. The quantitative estimate of drug-likeness (QED) is 0.718. The monoisotopic (exact) mass is 311 g/mol. The molecule has 2 aromatic carbocycles. The third kappa shape index (κ3) is 4.93. The van der Waals surface area contributed by atoms with Crippen molar-refractivity contribution in [1.29, 1.82) is 0 Å².